The van der Waals surface area contributed by atoms with E-state index in [9.17, 15) is 23.2 Å². The van der Waals surface area contributed by atoms with Gasteiger partial charge in [-0.3, -0.25) is 14.4 Å². The van der Waals surface area contributed by atoms with E-state index in [1.54, 1.807) is 4.90 Å². The van der Waals surface area contributed by atoms with Crippen LogP contribution in [0.25, 0.3) is 0 Å². The molecule has 2 amide bonds. The molecule has 0 spiro atoms. The molecule has 6 nitrogen and oxygen atoms in total. The maximum atomic E-state index is 14.1. The van der Waals surface area contributed by atoms with E-state index >= 15 is 0 Å². The first kappa shape index (κ1) is 20.8. The van der Waals surface area contributed by atoms with Gasteiger partial charge in [0.25, 0.3) is 0 Å². The third kappa shape index (κ3) is 6.01. The molecular weight excluding hydrogens is 358 g/mol. The van der Waals surface area contributed by atoms with E-state index < -0.39 is 29.6 Å². The molecule has 0 bridgehead atoms. The monoisotopic (exact) mass is 382 g/mol. The standard InChI is InChI=1S/C19H24F2N2O4/c1-12(24)22-16(19-14(20)5-2-6-15(19)21)10-17(25)23-9-3-4-13(11-23)7-8-18(26)27/h2,5-6,13,16H,3-4,7-11H2,1H3,(H,22,24)(H,26,27)/t13-,16-/m0/s1. The number of nitrogens with one attached hydrogen (secondary N) is 1. The molecule has 1 heterocycles. The van der Waals surface area contributed by atoms with Crippen LogP contribution in [0.15, 0.2) is 18.2 Å². The third-order valence-electron chi connectivity index (χ3n) is 4.74. The number of carboxylic acid groups (broad SMARTS) is 1. The first-order chi connectivity index (χ1) is 12.8. The van der Waals surface area contributed by atoms with Crippen LogP contribution in [0.3, 0.4) is 0 Å². The van der Waals surface area contributed by atoms with Gasteiger partial charge in [-0.25, -0.2) is 8.78 Å². The van der Waals surface area contributed by atoms with Gasteiger partial charge in [-0.05, 0) is 37.3 Å². The molecule has 2 rings (SSSR count). The summed E-state index contributed by atoms with van der Waals surface area (Å²) in [6, 6.07) is 2.29. The summed E-state index contributed by atoms with van der Waals surface area (Å²) in [4.78, 5) is 36.5. The van der Waals surface area contributed by atoms with Crippen LogP contribution in [-0.4, -0.2) is 40.9 Å². The second-order valence-electron chi connectivity index (χ2n) is 6.87. The Labute approximate surface area is 156 Å². The van der Waals surface area contributed by atoms with Gasteiger partial charge in [-0.2, -0.15) is 0 Å². The lowest BCUT2D eigenvalue weighted by Crippen LogP contribution is -2.42. The molecular formula is C19H24F2N2O4. The van der Waals surface area contributed by atoms with E-state index in [1.807, 2.05) is 0 Å². The SMILES string of the molecule is CC(=O)N[C@@H](CC(=O)N1CCC[C@@H](CCC(=O)O)C1)c1c(F)cccc1F. The highest BCUT2D eigenvalue weighted by molar-refractivity contribution is 5.79. The Morgan fingerprint density at radius 1 is 1.30 bits per heavy atom. The van der Waals surface area contributed by atoms with E-state index in [1.165, 1.54) is 13.0 Å². The average Bonchev–Trinajstić information content (AvgIpc) is 2.59. The highest BCUT2D eigenvalue weighted by Gasteiger charge is 2.29. The molecule has 1 saturated heterocycles. The maximum absolute atomic E-state index is 14.1. The molecule has 0 saturated carbocycles. The van der Waals surface area contributed by atoms with E-state index in [2.05, 4.69) is 5.32 Å². The molecule has 1 aliphatic rings. The van der Waals surface area contributed by atoms with Crippen molar-refractivity contribution in [3.8, 4) is 0 Å². The molecule has 0 unspecified atom stereocenters. The lowest BCUT2D eigenvalue weighted by atomic mass is 9.92. The normalized spacial score (nSPS) is 18.0. The van der Waals surface area contributed by atoms with Gasteiger partial charge in [-0.15, -0.1) is 0 Å². The van der Waals surface area contributed by atoms with Crippen molar-refractivity contribution < 1.29 is 28.3 Å². The average molecular weight is 382 g/mol. The van der Waals surface area contributed by atoms with Crippen molar-refractivity contribution in [3.05, 3.63) is 35.4 Å². The van der Waals surface area contributed by atoms with Crippen LogP contribution in [0.1, 0.15) is 50.6 Å². The van der Waals surface area contributed by atoms with Crippen molar-refractivity contribution in [2.24, 2.45) is 5.92 Å². The highest BCUT2D eigenvalue weighted by Crippen LogP contribution is 2.26. The molecule has 0 aromatic heterocycles. The van der Waals surface area contributed by atoms with Crippen molar-refractivity contribution in [1.82, 2.24) is 10.2 Å². The Morgan fingerprint density at radius 3 is 2.56 bits per heavy atom. The molecule has 27 heavy (non-hydrogen) atoms. The van der Waals surface area contributed by atoms with Crippen LogP contribution in [0.5, 0.6) is 0 Å². The highest BCUT2D eigenvalue weighted by atomic mass is 19.1. The minimum absolute atomic E-state index is 0.0433. The smallest absolute Gasteiger partial charge is 0.303 e. The topological polar surface area (TPSA) is 86.7 Å². The molecule has 0 aliphatic carbocycles. The van der Waals surface area contributed by atoms with Gasteiger partial charge in [0.1, 0.15) is 11.6 Å². The van der Waals surface area contributed by atoms with Crippen molar-refractivity contribution in [2.75, 3.05) is 13.1 Å². The summed E-state index contributed by atoms with van der Waals surface area (Å²) in [6.07, 6.45) is 1.85. The predicted octanol–water partition coefficient (Wildman–Crippen LogP) is 2.64. The van der Waals surface area contributed by atoms with Gasteiger partial charge in [0.2, 0.25) is 11.8 Å². The number of hydrogen-bond donors (Lipinski definition) is 2. The summed E-state index contributed by atoms with van der Waals surface area (Å²) in [6.45, 7) is 2.15. The number of carboxylic acids is 1. The second-order valence-corrected chi connectivity index (χ2v) is 6.87. The first-order valence-corrected chi connectivity index (χ1v) is 8.98. The number of carbonyl (C=O) groups is 3. The Kier molecular flexibility index (Phi) is 7.27. The van der Waals surface area contributed by atoms with Crippen LogP contribution in [0.2, 0.25) is 0 Å². The number of nitrogens with zero attached hydrogens (tertiary/aromatic N) is 1. The number of halogens is 2. The summed E-state index contributed by atoms with van der Waals surface area (Å²) in [7, 11) is 0. The van der Waals surface area contributed by atoms with Gasteiger partial charge in [0.05, 0.1) is 12.5 Å². The third-order valence-corrected chi connectivity index (χ3v) is 4.74. The summed E-state index contributed by atoms with van der Waals surface area (Å²) in [5.74, 6) is -3.24. The fourth-order valence-electron chi connectivity index (χ4n) is 3.47. The minimum atomic E-state index is -1.10. The second kappa shape index (κ2) is 9.43. The molecule has 1 aromatic rings. The van der Waals surface area contributed by atoms with Crippen molar-refractivity contribution in [2.45, 2.75) is 45.1 Å². The van der Waals surface area contributed by atoms with Crippen LogP contribution in [-0.2, 0) is 14.4 Å². The molecule has 1 fully saturated rings. The van der Waals surface area contributed by atoms with E-state index in [-0.39, 0.29) is 30.2 Å². The Balaban J connectivity index is 2.09. The maximum Gasteiger partial charge on any atom is 0.303 e. The fourth-order valence-corrected chi connectivity index (χ4v) is 3.47. The lowest BCUT2D eigenvalue weighted by molar-refractivity contribution is -0.137. The number of hydrogen-bond acceptors (Lipinski definition) is 3. The molecule has 2 N–H and O–H groups in total. The Bertz CT molecular complexity index is 691. The first-order valence-electron chi connectivity index (χ1n) is 8.98. The van der Waals surface area contributed by atoms with Gasteiger partial charge < -0.3 is 15.3 Å². The van der Waals surface area contributed by atoms with Gasteiger partial charge in [0.15, 0.2) is 0 Å². The number of piperidine rings is 1. The largest absolute Gasteiger partial charge is 0.481 e. The molecule has 148 valence electrons. The fraction of sp³-hybridized carbons (Fsp3) is 0.526. The summed E-state index contributed by atoms with van der Waals surface area (Å²) in [5.41, 5.74) is -0.333. The number of benzene rings is 1. The number of likely N-dealkylation sites (tertiary alicyclic amines) is 1. The van der Waals surface area contributed by atoms with Crippen LogP contribution >= 0.6 is 0 Å². The molecule has 0 radical (unpaired) electrons. The quantitative estimate of drug-likeness (QED) is 0.759. The Morgan fingerprint density at radius 2 is 1.96 bits per heavy atom. The molecule has 1 aliphatic heterocycles. The number of aliphatic carboxylic acids is 1. The zero-order valence-electron chi connectivity index (χ0n) is 15.2. The van der Waals surface area contributed by atoms with Crippen LogP contribution < -0.4 is 5.32 Å². The molecule has 1 aromatic carbocycles. The predicted molar refractivity (Wildman–Crippen MR) is 93.7 cm³/mol. The van der Waals surface area contributed by atoms with Gasteiger partial charge in [0, 0.05) is 32.0 Å². The number of rotatable bonds is 7. The molecule has 8 heteroatoms. The van der Waals surface area contributed by atoms with Crippen LogP contribution in [0.4, 0.5) is 8.78 Å². The Hall–Kier alpha value is -2.51. The zero-order valence-corrected chi connectivity index (χ0v) is 15.2. The summed E-state index contributed by atoms with van der Waals surface area (Å²) in [5, 5.41) is 11.3. The molecule has 2 atom stereocenters. The summed E-state index contributed by atoms with van der Waals surface area (Å²) < 4.78 is 28.2. The minimum Gasteiger partial charge on any atom is -0.481 e. The van der Waals surface area contributed by atoms with E-state index in [0.29, 0.717) is 19.5 Å². The van der Waals surface area contributed by atoms with Crippen molar-refractivity contribution in [3.63, 3.8) is 0 Å². The lowest BCUT2D eigenvalue weighted by Gasteiger charge is -2.33. The van der Waals surface area contributed by atoms with Crippen molar-refractivity contribution >= 4 is 17.8 Å². The van der Waals surface area contributed by atoms with Gasteiger partial charge in [-0.1, -0.05) is 6.07 Å². The summed E-state index contributed by atoms with van der Waals surface area (Å²) >= 11 is 0. The van der Waals surface area contributed by atoms with Gasteiger partial charge >= 0.3 is 5.97 Å². The zero-order chi connectivity index (χ0) is 20.0. The van der Waals surface area contributed by atoms with Crippen LogP contribution in [0, 0.1) is 17.6 Å². The van der Waals surface area contributed by atoms with E-state index in [0.717, 1.165) is 25.0 Å². The van der Waals surface area contributed by atoms with Crippen molar-refractivity contribution in [1.29, 1.82) is 0 Å². The van der Waals surface area contributed by atoms with E-state index in [4.69, 9.17) is 5.11 Å². The number of amides is 2. The number of carbonyl (C=O) groups excluding carboxylic acids is 2.